The van der Waals surface area contributed by atoms with Crippen molar-refractivity contribution in [2.75, 3.05) is 19.6 Å². The van der Waals surface area contributed by atoms with E-state index in [2.05, 4.69) is 22.5 Å². The standard InChI is InChI=1S/C17H22ClN3O/c1-11-14(15-9-13(18)2-3-16(15)21-11)5-7-20-17(22)8-12-4-6-19-10-12/h2-3,9,12,19,21H,4-8,10H2,1H3,(H,20,22)/t12-/m1/s1. The molecular formula is C17H22ClN3O. The minimum atomic E-state index is 0.157. The summed E-state index contributed by atoms with van der Waals surface area (Å²) in [6.07, 6.45) is 2.56. The fourth-order valence-corrected chi connectivity index (χ4v) is 3.40. The first-order valence-corrected chi connectivity index (χ1v) is 8.25. The molecule has 0 unspecified atom stereocenters. The number of carbonyl (C=O) groups is 1. The van der Waals surface area contributed by atoms with E-state index in [1.165, 1.54) is 5.56 Å². The van der Waals surface area contributed by atoms with Crippen LogP contribution in [0.1, 0.15) is 24.1 Å². The van der Waals surface area contributed by atoms with Gasteiger partial charge in [0.2, 0.25) is 5.91 Å². The summed E-state index contributed by atoms with van der Waals surface area (Å²) in [5, 5.41) is 8.23. The molecule has 2 aromatic rings. The summed E-state index contributed by atoms with van der Waals surface area (Å²) in [5.41, 5.74) is 3.48. The van der Waals surface area contributed by atoms with E-state index in [9.17, 15) is 4.79 Å². The summed E-state index contributed by atoms with van der Waals surface area (Å²) in [4.78, 5) is 15.3. The number of rotatable bonds is 5. The van der Waals surface area contributed by atoms with Crippen molar-refractivity contribution >= 4 is 28.4 Å². The van der Waals surface area contributed by atoms with Crippen molar-refractivity contribution in [3.8, 4) is 0 Å². The molecule has 1 saturated heterocycles. The van der Waals surface area contributed by atoms with E-state index in [4.69, 9.17) is 11.6 Å². The molecule has 1 atom stereocenters. The van der Waals surface area contributed by atoms with Crippen LogP contribution in [0.5, 0.6) is 0 Å². The van der Waals surface area contributed by atoms with E-state index in [0.717, 1.165) is 47.6 Å². The van der Waals surface area contributed by atoms with Crippen LogP contribution in [0.3, 0.4) is 0 Å². The topological polar surface area (TPSA) is 56.9 Å². The van der Waals surface area contributed by atoms with Crippen molar-refractivity contribution in [1.82, 2.24) is 15.6 Å². The summed E-state index contributed by atoms with van der Waals surface area (Å²) in [6.45, 7) is 4.73. The monoisotopic (exact) mass is 319 g/mol. The third-order valence-corrected chi connectivity index (χ3v) is 4.65. The lowest BCUT2D eigenvalue weighted by Gasteiger charge is -2.09. The minimum Gasteiger partial charge on any atom is -0.358 e. The predicted octanol–water partition coefficient (Wildman–Crippen LogP) is 2.79. The fourth-order valence-electron chi connectivity index (χ4n) is 3.23. The van der Waals surface area contributed by atoms with Gasteiger partial charge in [0.25, 0.3) is 0 Å². The highest BCUT2D eigenvalue weighted by molar-refractivity contribution is 6.31. The first-order valence-electron chi connectivity index (χ1n) is 7.87. The second-order valence-electron chi connectivity index (χ2n) is 6.08. The zero-order valence-electron chi connectivity index (χ0n) is 12.8. The molecule has 4 nitrogen and oxygen atoms in total. The van der Waals surface area contributed by atoms with Gasteiger partial charge in [-0.05, 0) is 62.5 Å². The third-order valence-electron chi connectivity index (χ3n) is 4.42. The Bertz CT molecular complexity index is 674. The molecule has 3 rings (SSSR count). The molecule has 0 radical (unpaired) electrons. The Hall–Kier alpha value is -1.52. The highest BCUT2D eigenvalue weighted by Gasteiger charge is 2.17. The van der Waals surface area contributed by atoms with Gasteiger partial charge in [-0.25, -0.2) is 0 Å². The number of fused-ring (bicyclic) bond motifs is 1. The Morgan fingerprint density at radius 1 is 1.45 bits per heavy atom. The number of benzene rings is 1. The number of hydrogen-bond acceptors (Lipinski definition) is 2. The molecule has 1 fully saturated rings. The smallest absolute Gasteiger partial charge is 0.220 e. The van der Waals surface area contributed by atoms with Crippen LogP contribution in [0.2, 0.25) is 5.02 Å². The minimum absolute atomic E-state index is 0.157. The first kappa shape index (κ1) is 15.4. The van der Waals surface area contributed by atoms with Crippen LogP contribution in [-0.4, -0.2) is 30.5 Å². The third kappa shape index (κ3) is 3.45. The lowest BCUT2D eigenvalue weighted by molar-refractivity contribution is -0.121. The van der Waals surface area contributed by atoms with Gasteiger partial charge in [0, 0.05) is 34.6 Å². The van der Waals surface area contributed by atoms with E-state index in [1.807, 2.05) is 18.2 Å². The number of halogens is 1. The van der Waals surface area contributed by atoms with Crippen LogP contribution in [0.25, 0.3) is 10.9 Å². The Kier molecular flexibility index (Phi) is 4.69. The van der Waals surface area contributed by atoms with Crippen molar-refractivity contribution in [2.24, 2.45) is 5.92 Å². The summed E-state index contributed by atoms with van der Waals surface area (Å²) < 4.78 is 0. The van der Waals surface area contributed by atoms with Gasteiger partial charge in [0.15, 0.2) is 0 Å². The normalized spacial score (nSPS) is 18.0. The van der Waals surface area contributed by atoms with Crippen LogP contribution in [0.4, 0.5) is 0 Å². The molecule has 1 aliphatic rings. The molecule has 118 valence electrons. The SMILES string of the molecule is Cc1[nH]c2ccc(Cl)cc2c1CCNC(=O)C[C@H]1CCNC1. The molecule has 0 saturated carbocycles. The maximum absolute atomic E-state index is 12.0. The Morgan fingerprint density at radius 3 is 3.09 bits per heavy atom. The van der Waals surface area contributed by atoms with E-state index in [1.54, 1.807) is 0 Å². The molecule has 3 N–H and O–H groups in total. The Morgan fingerprint density at radius 2 is 2.32 bits per heavy atom. The molecule has 5 heteroatoms. The van der Waals surface area contributed by atoms with Crippen molar-refractivity contribution in [1.29, 1.82) is 0 Å². The fraction of sp³-hybridized carbons (Fsp3) is 0.471. The van der Waals surface area contributed by atoms with E-state index in [0.29, 0.717) is 18.9 Å². The van der Waals surface area contributed by atoms with Gasteiger partial charge in [-0.2, -0.15) is 0 Å². The van der Waals surface area contributed by atoms with Crippen molar-refractivity contribution < 1.29 is 4.79 Å². The van der Waals surface area contributed by atoms with Crippen molar-refractivity contribution in [2.45, 2.75) is 26.2 Å². The molecule has 0 bridgehead atoms. The lowest BCUT2D eigenvalue weighted by Crippen LogP contribution is -2.28. The van der Waals surface area contributed by atoms with E-state index < -0.39 is 0 Å². The molecule has 1 aliphatic heterocycles. The summed E-state index contributed by atoms with van der Waals surface area (Å²) in [5.74, 6) is 0.651. The average molecular weight is 320 g/mol. The molecule has 0 spiro atoms. The maximum atomic E-state index is 12.0. The van der Waals surface area contributed by atoms with E-state index >= 15 is 0 Å². The molecule has 1 amide bonds. The van der Waals surface area contributed by atoms with Crippen LogP contribution in [0.15, 0.2) is 18.2 Å². The second-order valence-corrected chi connectivity index (χ2v) is 6.52. The highest BCUT2D eigenvalue weighted by Crippen LogP contribution is 2.25. The molecule has 0 aliphatic carbocycles. The number of aromatic amines is 1. The molecule has 1 aromatic heterocycles. The molecule has 2 heterocycles. The summed E-state index contributed by atoms with van der Waals surface area (Å²) in [7, 11) is 0. The zero-order chi connectivity index (χ0) is 15.5. The number of aromatic nitrogens is 1. The second kappa shape index (κ2) is 6.71. The first-order chi connectivity index (χ1) is 10.6. The quantitative estimate of drug-likeness (QED) is 0.793. The van der Waals surface area contributed by atoms with Crippen LogP contribution >= 0.6 is 11.6 Å². The summed E-state index contributed by atoms with van der Waals surface area (Å²) >= 11 is 6.09. The number of H-pyrrole nitrogens is 1. The molecular weight excluding hydrogens is 298 g/mol. The van der Waals surface area contributed by atoms with Crippen molar-refractivity contribution in [3.05, 3.63) is 34.5 Å². The average Bonchev–Trinajstić information content (AvgIpc) is 3.08. The van der Waals surface area contributed by atoms with Gasteiger partial charge in [-0.1, -0.05) is 11.6 Å². The van der Waals surface area contributed by atoms with Gasteiger partial charge in [0.1, 0.15) is 0 Å². The molecule has 1 aromatic carbocycles. The summed E-state index contributed by atoms with van der Waals surface area (Å²) in [6, 6.07) is 5.88. The number of nitrogens with one attached hydrogen (secondary N) is 3. The van der Waals surface area contributed by atoms with Crippen LogP contribution in [0, 0.1) is 12.8 Å². The van der Waals surface area contributed by atoms with Crippen LogP contribution in [-0.2, 0) is 11.2 Å². The zero-order valence-corrected chi connectivity index (χ0v) is 13.6. The Labute approximate surface area is 135 Å². The van der Waals surface area contributed by atoms with Gasteiger partial charge in [-0.15, -0.1) is 0 Å². The van der Waals surface area contributed by atoms with E-state index in [-0.39, 0.29) is 5.91 Å². The number of amides is 1. The largest absolute Gasteiger partial charge is 0.358 e. The number of aryl methyl sites for hydroxylation is 1. The lowest BCUT2D eigenvalue weighted by atomic mass is 10.0. The molecule has 22 heavy (non-hydrogen) atoms. The van der Waals surface area contributed by atoms with Gasteiger partial charge in [0.05, 0.1) is 0 Å². The number of hydrogen-bond donors (Lipinski definition) is 3. The maximum Gasteiger partial charge on any atom is 0.220 e. The van der Waals surface area contributed by atoms with Crippen LogP contribution < -0.4 is 10.6 Å². The van der Waals surface area contributed by atoms with Gasteiger partial charge >= 0.3 is 0 Å². The number of carbonyl (C=O) groups excluding carboxylic acids is 1. The highest BCUT2D eigenvalue weighted by atomic mass is 35.5. The Balaban J connectivity index is 1.58. The van der Waals surface area contributed by atoms with Gasteiger partial charge in [-0.3, -0.25) is 4.79 Å². The van der Waals surface area contributed by atoms with Gasteiger partial charge < -0.3 is 15.6 Å². The van der Waals surface area contributed by atoms with Crippen molar-refractivity contribution in [3.63, 3.8) is 0 Å². The predicted molar refractivity (Wildman–Crippen MR) is 90.4 cm³/mol.